The van der Waals surface area contributed by atoms with E-state index in [1.807, 2.05) is 42.5 Å². The molecule has 0 atom stereocenters. The predicted molar refractivity (Wildman–Crippen MR) is 104 cm³/mol. The number of ether oxygens (including phenoxy) is 1. The Bertz CT molecular complexity index is 935. The third-order valence-electron chi connectivity index (χ3n) is 4.36. The number of morpholine rings is 1. The van der Waals surface area contributed by atoms with Crippen LogP contribution in [-0.2, 0) is 16.0 Å². The first kappa shape index (κ1) is 17.1. The Kier molecular flexibility index (Phi) is 4.90. The number of nitrogens with one attached hydrogen (secondary N) is 1. The number of aromatic nitrogens is 1. The second-order valence-electron chi connectivity index (χ2n) is 6.11. The minimum atomic E-state index is -0.128. The third kappa shape index (κ3) is 3.59. The topological polar surface area (TPSA) is 67.6 Å². The van der Waals surface area contributed by atoms with Crippen molar-refractivity contribution in [3.8, 4) is 0 Å². The molecule has 0 spiro atoms. The molecular formula is C19H18BrN3O3. The van der Waals surface area contributed by atoms with Crippen LogP contribution in [0.4, 0.5) is 11.4 Å². The van der Waals surface area contributed by atoms with Crippen LogP contribution in [0.3, 0.4) is 0 Å². The maximum atomic E-state index is 12.6. The van der Waals surface area contributed by atoms with Gasteiger partial charge < -0.3 is 19.5 Å². The van der Waals surface area contributed by atoms with Crippen molar-refractivity contribution >= 4 is 44.2 Å². The van der Waals surface area contributed by atoms with E-state index >= 15 is 0 Å². The Morgan fingerprint density at radius 1 is 1.19 bits per heavy atom. The molecule has 2 aromatic carbocycles. The quantitative estimate of drug-likeness (QED) is 0.704. The largest absolute Gasteiger partial charge is 0.378 e. The smallest absolute Gasteiger partial charge is 0.230 e. The van der Waals surface area contributed by atoms with Gasteiger partial charge in [0, 0.05) is 22.9 Å². The fraction of sp³-hybridized carbons (Fsp3) is 0.263. The van der Waals surface area contributed by atoms with Gasteiger partial charge in [0.2, 0.25) is 5.91 Å². The van der Waals surface area contributed by atoms with Gasteiger partial charge in [-0.05, 0) is 30.3 Å². The Balaban J connectivity index is 1.54. The number of carbonyl (C=O) groups is 1. The van der Waals surface area contributed by atoms with Gasteiger partial charge >= 0.3 is 0 Å². The Morgan fingerprint density at radius 3 is 2.85 bits per heavy atom. The van der Waals surface area contributed by atoms with Gasteiger partial charge in [0.25, 0.3) is 0 Å². The zero-order valence-electron chi connectivity index (χ0n) is 14.1. The highest BCUT2D eigenvalue weighted by Crippen LogP contribution is 2.30. The summed E-state index contributed by atoms with van der Waals surface area (Å²) in [5.74, 6) is -0.128. The predicted octanol–water partition coefficient (Wildman–Crippen LogP) is 3.61. The summed E-state index contributed by atoms with van der Waals surface area (Å²) in [5.41, 5.74) is 3.10. The van der Waals surface area contributed by atoms with E-state index in [1.54, 1.807) is 0 Å². The van der Waals surface area contributed by atoms with Crippen LogP contribution >= 0.6 is 15.9 Å². The molecule has 26 heavy (non-hydrogen) atoms. The number of hydrogen-bond donors (Lipinski definition) is 1. The summed E-state index contributed by atoms with van der Waals surface area (Å²) < 4.78 is 11.6. The van der Waals surface area contributed by atoms with Crippen LogP contribution in [0.1, 0.15) is 5.69 Å². The van der Waals surface area contributed by atoms with E-state index < -0.39 is 0 Å². The summed E-state index contributed by atoms with van der Waals surface area (Å²) in [4.78, 5) is 14.8. The second-order valence-corrected chi connectivity index (χ2v) is 7.03. The maximum Gasteiger partial charge on any atom is 0.230 e. The second kappa shape index (κ2) is 7.47. The molecule has 0 unspecified atom stereocenters. The van der Waals surface area contributed by atoms with Crippen LogP contribution in [0, 0.1) is 0 Å². The lowest BCUT2D eigenvalue weighted by Crippen LogP contribution is -2.36. The van der Waals surface area contributed by atoms with Crippen molar-refractivity contribution < 1.29 is 14.1 Å². The highest BCUT2D eigenvalue weighted by molar-refractivity contribution is 9.10. The molecule has 6 nitrogen and oxygen atoms in total. The number of fused-ring (bicyclic) bond motifs is 1. The van der Waals surface area contributed by atoms with Gasteiger partial charge in [-0.2, -0.15) is 0 Å². The van der Waals surface area contributed by atoms with E-state index in [4.69, 9.17) is 9.26 Å². The molecule has 1 saturated heterocycles. The fourth-order valence-electron chi connectivity index (χ4n) is 3.10. The number of nitrogens with zero attached hydrogens (tertiary/aromatic N) is 2. The lowest BCUT2D eigenvalue weighted by molar-refractivity contribution is -0.115. The highest BCUT2D eigenvalue weighted by Gasteiger charge is 2.18. The molecule has 4 rings (SSSR count). The average molecular weight is 416 g/mol. The number of anilines is 2. The van der Waals surface area contributed by atoms with E-state index in [-0.39, 0.29) is 12.3 Å². The monoisotopic (exact) mass is 415 g/mol. The van der Waals surface area contributed by atoms with Gasteiger partial charge in [0.1, 0.15) is 5.69 Å². The van der Waals surface area contributed by atoms with Crippen LogP contribution in [-0.4, -0.2) is 37.4 Å². The van der Waals surface area contributed by atoms with E-state index in [9.17, 15) is 4.79 Å². The fourth-order valence-corrected chi connectivity index (χ4v) is 3.46. The SMILES string of the molecule is O=C(Cc1noc2ccccc12)Nc1cc(Br)ccc1N1CCOCC1. The number of benzene rings is 2. The van der Waals surface area contributed by atoms with Crippen LogP contribution in [0.15, 0.2) is 51.5 Å². The first-order chi connectivity index (χ1) is 12.7. The summed E-state index contributed by atoms with van der Waals surface area (Å²) >= 11 is 3.48. The number of halogens is 1. The molecule has 1 aliphatic rings. The Hall–Kier alpha value is -2.38. The normalized spacial score (nSPS) is 14.6. The van der Waals surface area contributed by atoms with Crippen molar-refractivity contribution in [2.75, 3.05) is 36.5 Å². The Labute approximate surface area is 159 Å². The van der Waals surface area contributed by atoms with Crippen molar-refractivity contribution in [3.05, 3.63) is 52.6 Å². The average Bonchev–Trinajstić information content (AvgIpc) is 3.05. The van der Waals surface area contributed by atoms with Crippen LogP contribution < -0.4 is 10.2 Å². The lowest BCUT2D eigenvalue weighted by Gasteiger charge is -2.30. The van der Waals surface area contributed by atoms with Gasteiger partial charge in [-0.25, -0.2) is 0 Å². The number of hydrogen-bond acceptors (Lipinski definition) is 5. The summed E-state index contributed by atoms with van der Waals surface area (Å²) in [6.07, 6.45) is 0.159. The maximum absolute atomic E-state index is 12.6. The third-order valence-corrected chi connectivity index (χ3v) is 4.86. The number of rotatable bonds is 4. The Morgan fingerprint density at radius 2 is 2.00 bits per heavy atom. The first-order valence-corrected chi connectivity index (χ1v) is 9.25. The molecule has 0 saturated carbocycles. The summed E-state index contributed by atoms with van der Waals surface area (Å²) in [7, 11) is 0. The first-order valence-electron chi connectivity index (χ1n) is 8.46. The van der Waals surface area contributed by atoms with Crippen LogP contribution in [0.25, 0.3) is 11.0 Å². The standard InChI is InChI=1S/C19H18BrN3O3/c20-13-5-6-17(23-7-9-25-10-8-23)16(11-13)21-19(24)12-15-14-3-1-2-4-18(14)26-22-15/h1-6,11H,7-10,12H2,(H,21,24). The van der Waals surface area contributed by atoms with Gasteiger partial charge in [0.15, 0.2) is 5.58 Å². The van der Waals surface area contributed by atoms with E-state index in [0.717, 1.165) is 34.3 Å². The molecule has 2 heterocycles. The molecule has 134 valence electrons. The summed E-state index contributed by atoms with van der Waals surface area (Å²) in [6, 6.07) is 13.5. The molecule has 7 heteroatoms. The van der Waals surface area contributed by atoms with Crippen molar-refractivity contribution in [1.29, 1.82) is 0 Å². The number of para-hydroxylation sites is 1. The van der Waals surface area contributed by atoms with Crippen LogP contribution in [0.5, 0.6) is 0 Å². The van der Waals surface area contributed by atoms with Crippen molar-refractivity contribution in [2.45, 2.75) is 6.42 Å². The zero-order valence-corrected chi connectivity index (χ0v) is 15.7. The zero-order chi connectivity index (χ0) is 17.9. The molecular weight excluding hydrogens is 398 g/mol. The molecule has 1 amide bonds. The minimum Gasteiger partial charge on any atom is -0.378 e. The molecule has 3 aromatic rings. The summed E-state index contributed by atoms with van der Waals surface area (Å²) in [5, 5.41) is 7.92. The minimum absolute atomic E-state index is 0.128. The molecule has 0 aliphatic carbocycles. The highest BCUT2D eigenvalue weighted by atomic mass is 79.9. The van der Waals surface area contributed by atoms with Crippen LogP contribution in [0.2, 0.25) is 0 Å². The van der Waals surface area contributed by atoms with E-state index in [0.29, 0.717) is 24.5 Å². The summed E-state index contributed by atoms with van der Waals surface area (Å²) in [6.45, 7) is 2.99. The number of carbonyl (C=O) groups excluding carboxylic acids is 1. The molecule has 0 bridgehead atoms. The molecule has 1 fully saturated rings. The van der Waals surface area contributed by atoms with Crippen molar-refractivity contribution in [1.82, 2.24) is 5.16 Å². The van der Waals surface area contributed by atoms with Gasteiger partial charge in [-0.3, -0.25) is 4.79 Å². The van der Waals surface area contributed by atoms with E-state index in [1.165, 1.54) is 0 Å². The molecule has 0 radical (unpaired) electrons. The van der Waals surface area contributed by atoms with Gasteiger partial charge in [0.05, 0.1) is 31.0 Å². The number of amides is 1. The van der Waals surface area contributed by atoms with Gasteiger partial charge in [-0.15, -0.1) is 0 Å². The van der Waals surface area contributed by atoms with Gasteiger partial charge in [-0.1, -0.05) is 33.2 Å². The molecule has 1 aromatic heterocycles. The molecule has 1 N–H and O–H groups in total. The van der Waals surface area contributed by atoms with Crippen molar-refractivity contribution in [2.24, 2.45) is 0 Å². The van der Waals surface area contributed by atoms with E-state index in [2.05, 4.69) is 31.3 Å². The van der Waals surface area contributed by atoms with Crippen molar-refractivity contribution in [3.63, 3.8) is 0 Å². The molecule has 1 aliphatic heterocycles. The lowest BCUT2D eigenvalue weighted by atomic mass is 10.1.